The molecular formula is C12H25N3. The standard InChI is InChI=1S/C12H25N3/c1-12(2,10-13-11-4-5-11)15-8-6-14(3)7-9-15/h11,13H,4-10H2,1-3H3. The van der Waals surface area contributed by atoms with Crippen molar-refractivity contribution in [3.05, 3.63) is 0 Å². The third-order valence-electron chi connectivity index (χ3n) is 3.76. The molecule has 1 saturated heterocycles. The number of nitrogens with zero attached hydrogens (tertiary/aromatic N) is 2. The van der Waals surface area contributed by atoms with E-state index >= 15 is 0 Å². The highest BCUT2D eigenvalue weighted by Crippen LogP contribution is 2.21. The Labute approximate surface area is 93.8 Å². The van der Waals surface area contributed by atoms with Gasteiger partial charge in [0.25, 0.3) is 0 Å². The maximum atomic E-state index is 3.65. The number of hydrogen-bond acceptors (Lipinski definition) is 3. The van der Waals surface area contributed by atoms with Crippen molar-refractivity contribution in [2.45, 2.75) is 38.3 Å². The fourth-order valence-electron chi connectivity index (χ4n) is 2.21. The maximum Gasteiger partial charge on any atom is 0.0278 e. The Morgan fingerprint density at radius 1 is 1.13 bits per heavy atom. The lowest BCUT2D eigenvalue weighted by molar-refractivity contribution is 0.0617. The van der Waals surface area contributed by atoms with Gasteiger partial charge in [-0.25, -0.2) is 0 Å². The first kappa shape index (κ1) is 11.4. The molecule has 1 aliphatic carbocycles. The molecule has 2 fully saturated rings. The predicted molar refractivity (Wildman–Crippen MR) is 64.2 cm³/mol. The van der Waals surface area contributed by atoms with Crippen molar-refractivity contribution in [1.29, 1.82) is 0 Å². The van der Waals surface area contributed by atoms with Crippen LogP contribution in [0.5, 0.6) is 0 Å². The summed E-state index contributed by atoms with van der Waals surface area (Å²) in [5.41, 5.74) is 0.323. The highest BCUT2D eigenvalue weighted by atomic mass is 15.3. The molecule has 3 heteroatoms. The summed E-state index contributed by atoms with van der Waals surface area (Å²) in [4.78, 5) is 5.04. The summed E-state index contributed by atoms with van der Waals surface area (Å²) in [6, 6.07) is 0.830. The van der Waals surface area contributed by atoms with Crippen LogP contribution in [0.2, 0.25) is 0 Å². The van der Waals surface area contributed by atoms with E-state index in [4.69, 9.17) is 0 Å². The average Bonchev–Trinajstić information content (AvgIpc) is 2.99. The fraction of sp³-hybridized carbons (Fsp3) is 1.00. The number of piperazine rings is 1. The predicted octanol–water partition coefficient (Wildman–Crippen LogP) is 0.764. The molecule has 0 aromatic heterocycles. The number of rotatable bonds is 4. The van der Waals surface area contributed by atoms with Crippen LogP contribution in [-0.4, -0.2) is 61.2 Å². The van der Waals surface area contributed by atoms with Gasteiger partial charge >= 0.3 is 0 Å². The van der Waals surface area contributed by atoms with E-state index in [2.05, 4.69) is 36.0 Å². The minimum atomic E-state index is 0.323. The van der Waals surface area contributed by atoms with Crippen LogP contribution in [-0.2, 0) is 0 Å². The van der Waals surface area contributed by atoms with Crippen molar-refractivity contribution >= 4 is 0 Å². The smallest absolute Gasteiger partial charge is 0.0278 e. The van der Waals surface area contributed by atoms with Crippen LogP contribution in [0, 0.1) is 0 Å². The SMILES string of the molecule is CN1CCN(C(C)(C)CNC2CC2)CC1. The molecular weight excluding hydrogens is 186 g/mol. The summed E-state index contributed by atoms with van der Waals surface area (Å²) in [5, 5.41) is 3.65. The van der Waals surface area contributed by atoms with E-state index in [-0.39, 0.29) is 0 Å². The van der Waals surface area contributed by atoms with Crippen molar-refractivity contribution in [2.75, 3.05) is 39.8 Å². The summed E-state index contributed by atoms with van der Waals surface area (Å²) in [6.45, 7) is 10.7. The zero-order valence-corrected chi connectivity index (χ0v) is 10.4. The molecule has 1 aliphatic heterocycles. The van der Waals surface area contributed by atoms with E-state index in [9.17, 15) is 0 Å². The molecule has 1 saturated carbocycles. The lowest BCUT2D eigenvalue weighted by atomic mass is 10.0. The van der Waals surface area contributed by atoms with Crippen LogP contribution in [0.15, 0.2) is 0 Å². The van der Waals surface area contributed by atoms with E-state index in [0.717, 1.165) is 12.6 Å². The molecule has 0 aromatic rings. The Balaban J connectivity index is 1.78. The Kier molecular flexibility index (Phi) is 3.33. The van der Waals surface area contributed by atoms with Crippen molar-refractivity contribution in [1.82, 2.24) is 15.1 Å². The molecule has 0 amide bonds. The van der Waals surface area contributed by atoms with Crippen LogP contribution in [0.1, 0.15) is 26.7 Å². The van der Waals surface area contributed by atoms with Gasteiger partial charge in [-0.15, -0.1) is 0 Å². The summed E-state index contributed by atoms with van der Waals surface area (Å²) in [5.74, 6) is 0. The lowest BCUT2D eigenvalue weighted by Gasteiger charge is -2.43. The van der Waals surface area contributed by atoms with Crippen LogP contribution in [0.25, 0.3) is 0 Å². The monoisotopic (exact) mass is 211 g/mol. The quantitative estimate of drug-likeness (QED) is 0.741. The first-order chi connectivity index (χ1) is 7.08. The second kappa shape index (κ2) is 4.40. The molecule has 2 rings (SSSR count). The molecule has 15 heavy (non-hydrogen) atoms. The van der Waals surface area contributed by atoms with E-state index in [1.165, 1.54) is 39.0 Å². The van der Waals surface area contributed by atoms with E-state index in [1.54, 1.807) is 0 Å². The van der Waals surface area contributed by atoms with Gasteiger partial charge in [-0.3, -0.25) is 4.90 Å². The molecule has 0 unspecified atom stereocenters. The van der Waals surface area contributed by atoms with Crippen LogP contribution >= 0.6 is 0 Å². The van der Waals surface area contributed by atoms with Crippen molar-refractivity contribution in [3.8, 4) is 0 Å². The molecule has 3 nitrogen and oxygen atoms in total. The lowest BCUT2D eigenvalue weighted by Crippen LogP contribution is -2.57. The topological polar surface area (TPSA) is 18.5 Å². The Hall–Kier alpha value is -0.120. The Bertz CT molecular complexity index is 203. The molecule has 1 N–H and O–H groups in total. The van der Waals surface area contributed by atoms with E-state index in [0.29, 0.717) is 5.54 Å². The number of nitrogens with one attached hydrogen (secondary N) is 1. The molecule has 0 aromatic carbocycles. The Morgan fingerprint density at radius 2 is 1.73 bits per heavy atom. The third kappa shape index (κ3) is 3.16. The minimum Gasteiger partial charge on any atom is -0.312 e. The van der Waals surface area contributed by atoms with Gasteiger partial charge in [0.15, 0.2) is 0 Å². The van der Waals surface area contributed by atoms with Gasteiger partial charge in [0.1, 0.15) is 0 Å². The summed E-state index contributed by atoms with van der Waals surface area (Å²) in [6.07, 6.45) is 2.78. The van der Waals surface area contributed by atoms with Crippen molar-refractivity contribution < 1.29 is 0 Å². The van der Waals surface area contributed by atoms with Gasteiger partial charge in [0.05, 0.1) is 0 Å². The van der Waals surface area contributed by atoms with Gasteiger partial charge in [-0.05, 0) is 33.7 Å². The zero-order valence-electron chi connectivity index (χ0n) is 10.4. The molecule has 0 bridgehead atoms. The zero-order chi connectivity index (χ0) is 10.9. The first-order valence-corrected chi connectivity index (χ1v) is 6.25. The second-order valence-electron chi connectivity index (χ2n) is 5.76. The highest BCUT2D eigenvalue weighted by molar-refractivity contribution is 4.90. The summed E-state index contributed by atoms with van der Waals surface area (Å²) >= 11 is 0. The fourth-order valence-corrected chi connectivity index (χ4v) is 2.21. The minimum absolute atomic E-state index is 0.323. The van der Waals surface area contributed by atoms with Crippen LogP contribution < -0.4 is 5.32 Å². The van der Waals surface area contributed by atoms with E-state index in [1.807, 2.05) is 0 Å². The molecule has 2 aliphatic rings. The van der Waals surface area contributed by atoms with Crippen molar-refractivity contribution in [3.63, 3.8) is 0 Å². The largest absolute Gasteiger partial charge is 0.312 e. The maximum absolute atomic E-state index is 3.65. The molecule has 0 radical (unpaired) electrons. The number of likely N-dealkylation sites (N-methyl/N-ethyl adjacent to an activating group) is 1. The van der Waals surface area contributed by atoms with E-state index < -0.39 is 0 Å². The molecule has 88 valence electrons. The third-order valence-corrected chi connectivity index (χ3v) is 3.76. The van der Waals surface area contributed by atoms with Crippen LogP contribution in [0.4, 0.5) is 0 Å². The van der Waals surface area contributed by atoms with Gasteiger partial charge < -0.3 is 10.2 Å². The Morgan fingerprint density at radius 3 is 2.27 bits per heavy atom. The van der Waals surface area contributed by atoms with Gasteiger partial charge in [-0.2, -0.15) is 0 Å². The second-order valence-corrected chi connectivity index (χ2v) is 5.76. The van der Waals surface area contributed by atoms with Crippen LogP contribution in [0.3, 0.4) is 0 Å². The molecule has 0 spiro atoms. The average molecular weight is 211 g/mol. The van der Waals surface area contributed by atoms with Gasteiger partial charge in [0.2, 0.25) is 0 Å². The number of hydrogen-bond donors (Lipinski definition) is 1. The molecule has 0 atom stereocenters. The molecule has 1 heterocycles. The normalized spacial score (nSPS) is 25.8. The summed E-state index contributed by atoms with van der Waals surface area (Å²) < 4.78 is 0. The first-order valence-electron chi connectivity index (χ1n) is 6.25. The van der Waals surface area contributed by atoms with Gasteiger partial charge in [-0.1, -0.05) is 0 Å². The van der Waals surface area contributed by atoms with Crippen molar-refractivity contribution in [2.24, 2.45) is 0 Å². The summed E-state index contributed by atoms with van der Waals surface area (Å²) in [7, 11) is 2.22. The van der Waals surface area contributed by atoms with Gasteiger partial charge in [0, 0.05) is 44.3 Å². The highest BCUT2D eigenvalue weighted by Gasteiger charge is 2.31.